The van der Waals surface area contributed by atoms with Crippen LogP contribution in [-0.4, -0.2) is 18.7 Å². The molecule has 0 radical (unpaired) electrons. The van der Waals surface area contributed by atoms with Gasteiger partial charge in [0.05, 0.1) is 6.61 Å². The van der Waals surface area contributed by atoms with Gasteiger partial charge in [0.25, 0.3) is 0 Å². The summed E-state index contributed by atoms with van der Waals surface area (Å²) < 4.78 is 5.58. The zero-order valence-corrected chi connectivity index (χ0v) is 11.8. The van der Waals surface area contributed by atoms with E-state index in [0.717, 1.165) is 25.3 Å². The highest BCUT2D eigenvalue weighted by Crippen LogP contribution is 2.32. The summed E-state index contributed by atoms with van der Waals surface area (Å²) in [6, 6.07) is 8.54. The first-order valence-electron chi connectivity index (χ1n) is 7.13. The van der Waals surface area contributed by atoms with Gasteiger partial charge in [-0.2, -0.15) is 0 Å². The molecule has 0 amide bonds. The molecule has 0 saturated carbocycles. The number of benzene rings is 1. The quantitative estimate of drug-likeness (QED) is 0.861. The summed E-state index contributed by atoms with van der Waals surface area (Å²) in [7, 11) is 0. The van der Waals surface area contributed by atoms with Crippen molar-refractivity contribution in [3.63, 3.8) is 0 Å². The zero-order valence-electron chi connectivity index (χ0n) is 11.8. The predicted octanol–water partition coefficient (Wildman–Crippen LogP) is 3.41. The first kappa shape index (κ1) is 13.4. The Balaban J connectivity index is 2.14. The number of hydrogen-bond acceptors (Lipinski definition) is 2. The Morgan fingerprint density at radius 3 is 2.83 bits per heavy atom. The van der Waals surface area contributed by atoms with E-state index in [9.17, 15) is 0 Å². The van der Waals surface area contributed by atoms with E-state index in [-0.39, 0.29) is 5.54 Å². The summed E-state index contributed by atoms with van der Waals surface area (Å²) in [6.07, 6.45) is 3.68. The SMILES string of the molecule is CCOc1cccc(CC2(C(C)C)CCCN2)c1. The second-order valence-corrected chi connectivity index (χ2v) is 5.60. The fourth-order valence-electron chi connectivity index (χ4n) is 2.95. The van der Waals surface area contributed by atoms with Crippen molar-refractivity contribution in [2.24, 2.45) is 5.92 Å². The summed E-state index contributed by atoms with van der Waals surface area (Å²) >= 11 is 0. The molecular formula is C16H25NO. The van der Waals surface area contributed by atoms with Crippen LogP contribution in [0.2, 0.25) is 0 Å². The van der Waals surface area contributed by atoms with Crippen LogP contribution in [0.5, 0.6) is 5.75 Å². The van der Waals surface area contributed by atoms with Crippen LogP contribution in [0.1, 0.15) is 39.2 Å². The lowest BCUT2D eigenvalue weighted by Gasteiger charge is -2.34. The van der Waals surface area contributed by atoms with Gasteiger partial charge < -0.3 is 10.1 Å². The van der Waals surface area contributed by atoms with Crippen molar-refractivity contribution in [2.75, 3.05) is 13.2 Å². The Morgan fingerprint density at radius 1 is 1.39 bits per heavy atom. The largest absolute Gasteiger partial charge is 0.494 e. The van der Waals surface area contributed by atoms with E-state index in [0.29, 0.717) is 5.92 Å². The third-order valence-electron chi connectivity index (χ3n) is 4.11. The smallest absolute Gasteiger partial charge is 0.119 e. The topological polar surface area (TPSA) is 21.3 Å². The van der Waals surface area contributed by atoms with Gasteiger partial charge in [-0.1, -0.05) is 26.0 Å². The van der Waals surface area contributed by atoms with Gasteiger partial charge in [0, 0.05) is 5.54 Å². The second kappa shape index (κ2) is 5.75. The second-order valence-electron chi connectivity index (χ2n) is 5.60. The predicted molar refractivity (Wildman–Crippen MR) is 76.1 cm³/mol. The van der Waals surface area contributed by atoms with E-state index in [1.54, 1.807) is 0 Å². The summed E-state index contributed by atoms with van der Waals surface area (Å²) in [4.78, 5) is 0. The van der Waals surface area contributed by atoms with Crippen LogP contribution in [0.3, 0.4) is 0 Å². The number of ether oxygens (including phenoxy) is 1. The lowest BCUT2D eigenvalue weighted by molar-refractivity contribution is 0.269. The molecular weight excluding hydrogens is 222 g/mol. The molecule has 1 fully saturated rings. The van der Waals surface area contributed by atoms with Crippen LogP contribution < -0.4 is 10.1 Å². The summed E-state index contributed by atoms with van der Waals surface area (Å²) in [5, 5.41) is 3.73. The monoisotopic (exact) mass is 247 g/mol. The molecule has 2 nitrogen and oxygen atoms in total. The van der Waals surface area contributed by atoms with Crippen molar-refractivity contribution in [2.45, 2.75) is 45.6 Å². The normalized spacial score (nSPS) is 23.6. The lowest BCUT2D eigenvalue weighted by atomic mass is 9.80. The summed E-state index contributed by atoms with van der Waals surface area (Å²) in [6.45, 7) is 8.57. The molecule has 1 atom stereocenters. The molecule has 1 aliphatic heterocycles. The van der Waals surface area contributed by atoms with Crippen LogP contribution in [0, 0.1) is 5.92 Å². The molecule has 0 spiro atoms. The molecule has 0 aliphatic carbocycles. The van der Waals surface area contributed by atoms with Gasteiger partial charge >= 0.3 is 0 Å². The maximum absolute atomic E-state index is 5.58. The Bertz CT molecular complexity index is 380. The highest BCUT2D eigenvalue weighted by molar-refractivity contribution is 5.30. The van der Waals surface area contributed by atoms with E-state index < -0.39 is 0 Å². The van der Waals surface area contributed by atoms with E-state index >= 15 is 0 Å². The van der Waals surface area contributed by atoms with Crippen molar-refractivity contribution in [3.8, 4) is 5.75 Å². The summed E-state index contributed by atoms with van der Waals surface area (Å²) in [5.74, 6) is 1.66. The van der Waals surface area contributed by atoms with Gasteiger partial charge in [0.15, 0.2) is 0 Å². The van der Waals surface area contributed by atoms with Crippen LogP contribution in [0.25, 0.3) is 0 Å². The fraction of sp³-hybridized carbons (Fsp3) is 0.625. The van der Waals surface area contributed by atoms with Gasteiger partial charge in [-0.3, -0.25) is 0 Å². The molecule has 1 aliphatic rings. The van der Waals surface area contributed by atoms with E-state index in [1.165, 1.54) is 18.4 Å². The van der Waals surface area contributed by atoms with Crippen molar-refractivity contribution in [1.29, 1.82) is 0 Å². The molecule has 1 unspecified atom stereocenters. The Kier molecular flexibility index (Phi) is 4.28. The molecule has 2 rings (SSSR count). The van der Waals surface area contributed by atoms with Crippen LogP contribution in [0.15, 0.2) is 24.3 Å². The maximum atomic E-state index is 5.58. The molecule has 18 heavy (non-hydrogen) atoms. The molecule has 100 valence electrons. The van der Waals surface area contributed by atoms with Crippen molar-refractivity contribution >= 4 is 0 Å². The molecule has 1 saturated heterocycles. The Labute approximate surface area is 111 Å². The third-order valence-corrected chi connectivity index (χ3v) is 4.11. The van der Waals surface area contributed by atoms with Gasteiger partial charge in [-0.05, 0) is 56.3 Å². The van der Waals surface area contributed by atoms with Gasteiger partial charge in [0.2, 0.25) is 0 Å². The molecule has 2 heteroatoms. The highest BCUT2D eigenvalue weighted by atomic mass is 16.5. The average molecular weight is 247 g/mol. The number of hydrogen-bond donors (Lipinski definition) is 1. The van der Waals surface area contributed by atoms with Gasteiger partial charge in [-0.25, -0.2) is 0 Å². The molecule has 0 bridgehead atoms. The fourth-order valence-corrected chi connectivity index (χ4v) is 2.95. The first-order valence-corrected chi connectivity index (χ1v) is 7.13. The van der Waals surface area contributed by atoms with Crippen LogP contribution in [0.4, 0.5) is 0 Å². The molecule has 1 aromatic rings. The highest BCUT2D eigenvalue weighted by Gasteiger charge is 2.36. The standard InChI is InChI=1S/C16H25NO/c1-4-18-15-8-5-7-14(11-15)12-16(13(2)3)9-6-10-17-16/h5,7-8,11,13,17H,4,6,9-10,12H2,1-3H3. The van der Waals surface area contributed by atoms with Gasteiger partial charge in [0.1, 0.15) is 5.75 Å². The Morgan fingerprint density at radius 2 is 2.22 bits per heavy atom. The van der Waals surface area contributed by atoms with Crippen LogP contribution >= 0.6 is 0 Å². The van der Waals surface area contributed by atoms with Crippen LogP contribution in [-0.2, 0) is 6.42 Å². The molecule has 1 aromatic carbocycles. The van der Waals surface area contributed by atoms with Crippen molar-refractivity contribution < 1.29 is 4.74 Å². The first-order chi connectivity index (χ1) is 8.66. The molecule has 0 aromatic heterocycles. The molecule has 1 heterocycles. The van der Waals surface area contributed by atoms with E-state index in [2.05, 4.69) is 37.4 Å². The average Bonchev–Trinajstić information content (AvgIpc) is 2.80. The number of nitrogens with one attached hydrogen (secondary N) is 1. The minimum absolute atomic E-state index is 0.283. The molecule has 1 N–H and O–H groups in total. The van der Waals surface area contributed by atoms with E-state index in [4.69, 9.17) is 4.74 Å². The van der Waals surface area contributed by atoms with Crippen molar-refractivity contribution in [1.82, 2.24) is 5.32 Å². The minimum Gasteiger partial charge on any atom is -0.494 e. The van der Waals surface area contributed by atoms with E-state index in [1.807, 2.05) is 13.0 Å². The maximum Gasteiger partial charge on any atom is 0.119 e. The third kappa shape index (κ3) is 2.86. The summed E-state index contributed by atoms with van der Waals surface area (Å²) in [5.41, 5.74) is 1.66. The lowest BCUT2D eigenvalue weighted by Crippen LogP contribution is -2.46. The minimum atomic E-state index is 0.283. The van der Waals surface area contributed by atoms with Gasteiger partial charge in [-0.15, -0.1) is 0 Å². The zero-order chi connectivity index (χ0) is 13.0. The number of rotatable bonds is 5. The Hall–Kier alpha value is -1.02. The van der Waals surface area contributed by atoms with Crippen molar-refractivity contribution in [3.05, 3.63) is 29.8 Å².